The highest BCUT2D eigenvalue weighted by molar-refractivity contribution is 6.01. The summed E-state index contributed by atoms with van der Waals surface area (Å²) in [7, 11) is 0. The molecule has 2 aromatic carbocycles. The van der Waals surface area contributed by atoms with Gasteiger partial charge in [-0.3, -0.25) is 34.8 Å². The van der Waals surface area contributed by atoms with Crippen molar-refractivity contribution >= 4 is 47.0 Å². The molecule has 39 heavy (non-hydrogen) atoms. The molecule has 1 aliphatic heterocycles. The number of carbonyl (C=O) groups is 5. The van der Waals surface area contributed by atoms with Crippen LogP contribution in [0.5, 0.6) is 0 Å². The monoisotopic (exact) mass is 536 g/mol. The highest BCUT2D eigenvalue weighted by Gasteiger charge is 2.39. The number of anilines is 1. The summed E-state index contributed by atoms with van der Waals surface area (Å²) in [5.74, 6) is -4.05. The van der Waals surface area contributed by atoms with E-state index in [1.807, 2.05) is 0 Å². The van der Waals surface area contributed by atoms with Gasteiger partial charge in [-0.15, -0.1) is 0 Å². The number of carboxylic acids is 1. The number of hydrogen-bond donors (Lipinski definition) is 7. The van der Waals surface area contributed by atoms with Gasteiger partial charge in [0, 0.05) is 35.5 Å². The standard InChI is InChI=1S/C25H28N8O6/c26-22(27)14-1-3-16(4-2-14)24(38)30-12-20(35)33-10-9-32(13-21(36)37)25(39)18(33)11-19(34)31-17-7-5-15(6-8-17)23(28)29/h1-8,18H,9-13H2,(H3,26,27)(H3,28,29)(H,30,38)(H,31,34)(H,36,37). The van der Waals surface area contributed by atoms with Gasteiger partial charge in [0.25, 0.3) is 5.91 Å². The number of nitrogens with one attached hydrogen (secondary N) is 4. The molecule has 3 rings (SSSR count). The van der Waals surface area contributed by atoms with Crippen LogP contribution in [0.25, 0.3) is 0 Å². The summed E-state index contributed by atoms with van der Waals surface area (Å²) in [6.45, 7) is -1.14. The number of carboxylic acid groups (broad SMARTS) is 1. The lowest BCUT2D eigenvalue weighted by Gasteiger charge is -2.39. The molecule has 2 aromatic rings. The smallest absolute Gasteiger partial charge is 0.323 e. The number of amidine groups is 2. The Bertz CT molecular complexity index is 1310. The van der Waals surface area contributed by atoms with E-state index in [1.54, 1.807) is 0 Å². The van der Waals surface area contributed by atoms with Crippen molar-refractivity contribution < 1.29 is 29.1 Å². The van der Waals surface area contributed by atoms with Gasteiger partial charge in [-0.2, -0.15) is 0 Å². The number of aliphatic carboxylic acids is 1. The van der Waals surface area contributed by atoms with E-state index in [0.29, 0.717) is 16.8 Å². The lowest BCUT2D eigenvalue weighted by molar-refractivity contribution is -0.155. The maximum absolute atomic E-state index is 13.1. The van der Waals surface area contributed by atoms with Crippen LogP contribution in [0.1, 0.15) is 27.9 Å². The van der Waals surface area contributed by atoms with Gasteiger partial charge in [0.2, 0.25) is 17.7 Å². The predicted molar refractivity (Wildman–Crippen MR) is 140 cm³/mol. The van der Waals surface area contributed by atoms with Crippen LogP contribution >= 0.6 is 0 Å². The molecule has 4 amide bonds. The Morgan fingerprint density at radius 3 is 1.97 bits per heavy atom. The number of carbonyl (C=O) groups excluding carboxylic acids is 4. The Labute approximate surface area is 222 Å². The fourth-order valence-electron chi connectivity index (χ4n) is 3.94. The second-order valence-electron chi connectivity index (χ2n) is 8.67. The minimum Gasteiger partial charge on any atom is -0.480 e. The molecular formula is C25H28N8O6. The number of rotatable bonds is 10. The van der Waals surface area contributed by atoms with E-state index >= 15 is 0 Å². The molecule has 1 atom stereocenters. The van der Waals surface area contributed by atoms with Gasteiger partial charge < -0.3 is 37.0 Å². The summed E-state index contributed by atoms with van der Waals surface area (Å²) in [4.78, 5) is 64.8. The highest BCUT2D eigenvalue weighted by Crippen LogP contribution is 2.17. The molecule has 0 bridgehead atoms. The fraction of sp³-hybridized carbons (Fsp3) is 0.240. The van der Waals surface area contributed by atoms with Gasteiger partial charge in [0.05, 0.1) is 13.0 Å². The van der Waals surface area contributed by atoms with Gasteiger partial charge in [-0.05, 0) is 36.4 Å². The number of nitrogens with zero attached hydrogens (tertiary/aromatic N) is 2. The first-order valence-corrected chi connectivity index (χ1v) is 11.7. The molecule has 0 aliphatic carbocycles. The fourth-order valence-corrected chi connectivity index (χ4v) is 3.94. The topological polar surface area (TPSA) is 236 Å². The molecule has 0 spiro atoms. The van der Waals surface area contributed by atoms with Gasteiger partial charge in [0.15, 0.2) is 0 Å². The lowest BCUT2D eigenvalue weighted by atomic mass is 10.1. The third-order valence-corrected chi connectivity index (χ3v) is 5.95. The molecule has 1 heterocycles. The Kier molecular flexibility index (Phi) is 8.94. The van der Waals surface area contributed by atoms with Crippen molar-refractivity contribution in [2.45, 2.75) is 12.5 Å². The van der Waals surface area contributed by atoms with Crippen LogP contribution < -0.4 is 22.1 Å². The zero-order valence-corrected chi connectivity index (χ0v) is 20.8. The summed E-state index contributed by atoms with van der Waals surface area (Å²) in [5.41, 5.74) is 12.3. The summed E-state index contributed by atoms with van der Waals surface area (Å²) >= 11 is 0. The molecule has 0 aromatic heterocycles. The van der Waals surface area contributed by atoms with Crippen LogP contribution in [0, 0.1) is 10.8 Å². The van der Waals surface area contributed by atoms with Crippen molar-refractivity contribution in [2.24, 2.45) is 11.5 Å². The largest absolute Gasteiger partial charge is 0.480 e. The molecule has 204 valence electrons. The van der Waals surface area contributed by atoms with E-state index in [-0.39, 0.29) is 30.3 Å². The van der Waals surface area contributed by atoms with Crippen LogP contribution in [0.15, 0.2) is 48.5 Å². The van der Waals surface area contributed by atoms with E-state index in [2.05, 4.69) is 10.6 Å². The first-order chi connectivity index (χ1) is 18.5. The average molecular weight is 537 g/mol. The van der Waals surface area contributed by atoms with Crippen LogP contribution in [0.4, 0.5) is 5.69 Å². The van der Waals surface area contributed by atoms with Crippen molar-refractivity contribution in [3.8, 4) is 0 Å². The van der Waals surface area contributed by atoms with E-state index < -0.39 is 55.2 Å². The third-order valence-electron chi connectivity index (χ3n) is 5.95. The molecule has 14 nitrogen and oxygen atoms in total. The summed E-state index contributed by atoms with van der Waals surface area (Å²) in [5, 5.41) is 29.1. The number of benzene rings is 2. The van der Waals surface area contributed by atoms with E-state index in [0.717, 1.165) is 9.80 Å². The molecule has 1 aliphatic rings. The number of nitrogens with two attached hydrogens (primary N) is 2. The number of piperazine rings is 1. The van der Waals surface area contributed by atoms with Crippen molar-refractivity contribution in [3.63, 3.8) is 0 Å². The van der Waals surface area contributed by atoms with Crippen molar-refractivity contribution in [3.05, 3.63) is 65.2 Å². The SMILES string of the molecule is N=C(N)c1ccc(NC(=O)CC2C(=O)N(CC(=O)O)CCN2C(=O)CNC(=O)c2ccc(C(=N)N)cc2)cc1. The van der Waals surface area contributed by atoms with Gasteiger partial charge in [0.1, 0.15) is 24.3 Å². The van der Waals surface area contributed by atoms with E-state index in [1.165, 1.54) is 48.5 Å². The quantitative estimate of drug-likeness (QED) is 0.149. The van der Waals surface area contributed by atoms with Crippen molar-refractivity contribution in [2.75, 3.05) is 31.5 Å². The molecule has 0 saturated carbocycles. The van der Waals surface area contributed by atoms with E-state index in [9.17, 15) is 24.0 Å². The number of nitrogen functional groups attached to an aromatic ring is 2. The number of hydrogen-bond acceptors (Lipinski definition) is 7. The number of amides is 4. The molecule has 0 radical (unpaired) electrons. The lowest BCUT2D eigenvalue weighted by Crippen LogP contribution is -2.61. The maximum atomic E-state index is 13.1. The van der Waals surface area contributed by atoms with Crippen molar-refractivity contribution in [1.29, 1.82) is 10.8 Å². The second-order valence-corrected chi connectivity index (χ2v) is 8.67. The highest BCUT2D eigenvalue weighted by atomic mass is 16.4. The first-order valence-electron chi connectivity index (χ1n) is 11.7. The van der Waals surface area contributed by atoms with Crippen LogP contribution in [0.3, 0.4) is 0 Å². The summed E-state index contributed by atoms with van der Waals surface area (Å²) in [6, 6.07) is 10.7. The second kappa shape index (κ2) is 12.3. The Balaban J connectivity index is 1.69. The van der Waals surface area contributed by atoms with Crippen molar-refractivity contribution in [1.82, 2.24) is 15.1 Å². The molecule has 14 heteroatoms. The zero-order valence-electron chi connectivity index (χ0n) is 20.8. The third kappa shape index (κ3) is 7.38. The summed E-state index contributed by atoms with van der Waals surface area (Å²) < 4.78 is 0. The van der Waals surface area contributed by atoms with Crippen LogP contribution in [-0.4, -0.2) is 88.4 Å². The minimum atomic E-state index is -1.28. The molecule has 1 fully saturated rings. The normalized spacial score (nSPS) is 14.9. The van der Waals surface area contributed by atoms with Crippen LogP contribution in [-0.2, 0) is 19.2 Å². The first kappa shape index (κ1) is 28.3. The van der Waals surface area contributed by atoms with Gasteiger partial charge >= 0.3 is 5.97 Å². The van der Waals surface area contributed by atoms with Gasteiger partial charge in [-0.1, -0.05) is 12.1 Å². The Morgan fingerprint density at radius 2 is 1.44 bits per heavy atom. The molecular weight excluding hydrogens is 508 g/mol. The Morgan fingerprint density at radius 1 is 0.897 bits per heavy atom. The maximum Gasteiger partial charge on any atom is 0.323 e. The Hall–Kier alpha value is -5.27. The minimum absolute atomic E-state index is 0.0354. The summed E-state index contributed by atoms with van der Waals surface area (Å²) in [6.07, 6.45) is -0.449. The predicted octanol–water partition coefficient (Wildman–Crippen LogP) is -0.863. The van der Waals surface area contributed by atoms with Gasteiger partial charge in [-0.25, -0.2) is 0 Å². The molecule has 1 unspecified atom stereocenters. The average Bonchev–Trinajstić information content (AvgIpc) is 2.89. The van der Waals surface area contributed by atoms with Crippen LogP contribution in [0.2, 0.25) is 0 Å². The molecule has 9 N–H and O–H groups in total. The van der Waals surface area contributed by atoms with E-state index in [4.69, 9.17) is 27.4 Å². The zero-order chi connectivity index (χ0) is 28.7. The molecule has 1 saturated heterocycles.